The van der Waals surface area contributed by atoms with Gasteiger partial charge in [0.05, 0.1) is 7.11 Å². The summed E-state index contributed by atoms with van der Waals surface area (Å²) in [5.41, 5.74) is 3.10. The molecule has 4 rings (SSSR count). The Morgan fingerprint density at radius 1 is 0.933 bits per heavy atom. The summed E-state index contributed by atoms with van der Waals surface area (Å²) in [7, 11) is 1.66. The van der Waals surface area contributed by atoms with E-state index in [4.69, 9.17) is 16.3 Å². The van der Waals surface area contributed by atoms with Crippen LogP contribution in [0.15, 0.2) is 90.1 Å². The maximum Gasteiger partial charge on any atom is 0.196 e. The van der Waals surface area contributed by atoms with Crippen LogP contribution in [0, 0.1) is 0 Å². The molecule has 0 amide bonds. The summed E-state index contributed by atoms with van der Waals surface area (Å²) in [5, 5.41) is 10.4. The smallest absolute Gasteiger partial charge is 0.196 e. The van der Waals surface area contributed by atoms with E-state index in [2.05, 4.69) is 39.0 Å². The fraction of sp³-hybridized carbons (Fsp3) is 0.0833. The van der Waals surface area contributed by atoms with E-state index in [1.54, 1.807) is 18.9 Å². The summed E-state index contributed by atoms with van der Waals surface area (Å²) in [5.74, 6) is 2.36. The highest BCUT2D eigenvalue weighted by atomic mass is 35.5. The van der Waals surface area contributed by atoms with E-state index < -0.39 is 0 Å². The Hall–Kier alpha value is -3.02. The van der Waals surface area contributed by atoms with Crippen molar-refractivity contribution in [2.75, 3.05) is 12.9 Å². The van der Waals surface area contributed by atoms with Crippen LogP contribution < -0.4 is 4.74 Å². The van der Waals surface area contributed by atoms with Gasteiger partial charge in [-0.25, -0.2) is 0 Å². The van der Waals surface area contributed by atoms with Gasteiger partial charge in [-0.3, -0.25) is 4.57 Å². The molecule has 0 saturated carbocycles. The molecule has 0 aliphatic carbocycles. The molecule has 0 spiro atoms. The molecule has 0 bridgehead atoms. The average molecular weight is 434 g/mol. The summed E-state index contributed by atoms with van der Waals surface area (Å²) in [6, 6.07) is 25.8. The zero-order valence-corrected chi connectivity index (χ0v) is 18.0. The lowest BCUT2D eigenvalue weighted by Crippen LogP contribution is -1.99. The maximum absolute atomic E-state index is 6.09. The second-order valence-electron chi connectivity index (χ2n) is 6.47. The van der Waals surface area contributed by atoms with E-state index in [0.717, 1.165) is 33.7 Å². The minimum atomic E-state index is 0.692. The van der Waals surface area contributed by atoms with Gasteiger partial charge < -0.3 is 4.74 Å². The monoisotopic (exact) mass is 433 g/mol. The van der Waals surface area contributed by atoms with Crippen molar-refractivity contribution in [3.8, 4) is 22.8 Å². The predicted molar refractivity (Wildman–Crippen MR) is 125 cm³/mol. The number of nitrogens with zero attached hydrogens (tertiary/aromatic N) is 3. The fourth-order valence-corrected chi connectivity index (χ4v) is 3.87. The molecule has 6 heteroatoms. The number of hydrogen-bond acceptors (Lipinski definition) is 4. The molecule has 30 heavy (non-hydrogen) atoms. The third-order valence-electron chi connectivity index (χ3n) is 4.48. The Bertz CT molecular complexity index is 1120. The molecule has 0 radical (unpaired) electrons. The van der Waals surface area contributed by atoms with Crippen molar-refractivity contribution in [3.05, 3.63) is 95.5 Å². The number of thioether (sulfide) groups is 1. The lowest BCUT2D eigenvalue weighted by molar-refractivity contribution is 0.415. The zero-order chi connectivity index (χ0) is 20.8. The second-order valence-corrected chi connectivity index (χ2v) is 7.89. The quantitative estimate of drug-likeness (QED) is 0.316. The number of ether oxygens (including phenoxy) is 1. The lowest BCUT2D eigenvalue weighted by Gasteiger charge is -2.10. The minimum Gasteiger partial charge on any atom is -0.497 e. The topological polar surface area (TPSA) is 39.9 Å². The minimum absolute atomic E-state index is 0.692. The number of methoxy groups -OCH3 is 1. The van der Waals surface area contributed by atoms with Crippen molar-refractivity contribution in [2.24, 2.45) is 0 Å². The fourth-order valence-electron chi connectivity index (χ4n) is 2.98. The Labute approximate surface area is 185 Å². The molecule has 3 aromatic carbocycles. The highest BCUT2D eigenvalue weighted by Gasteiger charge is 2.16. The van der Waals surface area contributed by atoms with Crippen LogP contribution in [0.25, 0.3) is 23.2 Å². The van der Waals surface area contributed by atoms with Gasteiger partial charge in [-0.05, 0) is 54.1 Å². The van der Waals surface area contributed by atoms with Gasteiger partial charge in [-0.2, -0.15) is 0 Å². The van der Waals surface area contributed by atoms with Gasteiger partial charge in [0.25, 0.3) is 0 Å². The van der Waals surface area contributed by atoms with Gasteiger partial charge >= 0.3 is 0 Å². The molecule has 0 aliphatic rings. The maximum atomic E-state index is 6.09. The number of halogens is 1. The highest BCUT2D eigenvalue weighted by molar-refractivity contribution is 7.99. The number of aromatic nitrogens is 3. The average Bonchev–Trinajstić information content (AvgIpc) is 3.22. The summed E-state index contributed by atoms with van der Waals surface area (Å²) in [6.45, 7) is 0. The lowest BCUT2D eigenvalue weighted by atomic mass is 10.2. The van der Waals surface area contributed by atoms with Gasteiger partial charge in [-0.15, -0.1) is 10.2 Å². The van der Waals surface area contributed by atoms with Crippen molar-refractivity contribution < 1.29 is 4.74 Å². The van der Waals surface area contributed by atoms with E-state index in [1.165, 1.54) is 5.56 Å². The van der Waals surface area contributed by atoms with Crippen molar-refractivity contribution in [3.63, 3.8) is 0 Å². The summed E-state index contributed by atoms with van der Waals surface area (Å²) in [4.78, 5) is 0. The van der Waals surface area contributed by atoms with E-state index >= 15 is 0 Å². The molecule has 0 unspecified atom stereocenters. The van der Waals surface area contributed by atoms with Crippen molar-refractivity contribution >= 4 is 29.4 Å². The van der Waals surface area contributed by atoms with Gasteiger partial charge in [0.15, 0.2) is 11.0 Å². The first kappa shape index (κ1) is 20.3. The molecular formula is C24H20ClN3OS. The number of benzene rings is 3. The van der Waals surface area contributed by atoms with Crippen LogP contribution in [0.4, 0.5) is 0 Å². The molecule has 0 aliphatic heterocycles. The van der Waals surface area contributed by atoms with Crippen LogP contribution in [-0.4, -0.2) is 27.6 Å². The Morgan fingerprint density at radius 2 is 1.67 bits per heavy atom. The molecule has 4 aromatic rings. The predicted octanol–water partition coefficient (Wildman–Crippen LogP) is 6.40. The van der Waals surface area contributed by atoms with Gasteiger partial charge in [0.1, 0.15) is 5.75 Å². The van der Waals surface area contributed by atoms with E-state index in [1.807, 2.05) is 66.7 Å². The van der Waals surface area contributed by atoms with Gasteiger partial charge in [0.2, 0.25) is 0 Å². The highest BCUT2D eigenvalue weighted by Crippen LogP contribution is 2.29. The first-order chi connectivity index (χ1) is 14.7. The molecule has 1 heterocycles. The third kappa shape index (κ3) is 4.75. The number of rotatable bonds is 7. The second kappa shape index (κ2) is 9.65. The van der Waals surface area contributed by atoms with Gasteiger partial charge in [0, 0.05) is 22.0 Å². The SMILES string of the molecule is COc1ccc(-c2nnc(SC/C=C/c3ccccc3)n2-c2ccc(Cl)cc2)cc1. The molecule has 0 saturated heterocycles. The third-order valence-corrected chi connectivity index (χ3v) is 5.62. The standard InChI is InChI=1S/C24H20ClN3OS/c1-29-22-15-9-19(10-16-22)23-26-27-24(28(23)21-13-11-20(25)12-14-21)30-17-5-8-18-6-3-2-4-7-18/h2-16H,17H2,1H3/b8-5+. The molecule has 0 atom stereocenters. The largest absolute Gasteiger partial charge is 0.497 e. The Kier molecular flexibility index (Phi) is 6.52. The summed E-state index contributed by atoms with van der Waals surface area (Å²) >= 11 is 7.73. The first-order valence-corrected chi connectivity index (χ1v) is 10.8. The molecule has 1 aromatic heterocycles. The molecule has 4 nitrogen and oxygen atoms in total. The first-order valence-electron chi connectivity index (χ1n) is 9.45. The van der Waals surface area contributed by atoms with Crippen molar-refractivity contribution in [1.82, 2.24) is 14.8 Å². The van der Waals surface area contributed by atoms with Crippen molar-refractivity contribution in [2.45, 2.75) is 5.16 Å². The molecule has 0 N–H and O–H groups in total. The molecule has 0 fully saturated rings. The Morgan fingerprint density at radius 3 is 2.37 bits per heavy atom. The van der Waals surface area contributed by atoms with E-state index in [-0.39, 0.29) is 0 Å². The van der Waals surface area contributed by atoms with Crippen LogP contribution in [0.2, 0.25) is 5.02 Å². The molecular weight excluding hydrogens is 414 g/mol. The van der Waals surface area contributed by atoms with E-state index in [9.17, 15) is 0 Å². The van der Waals surface area contributed by atoms with Crippen LogP contribution in [-0.2, 0) is 0 Å². The Balaban J connectivity index is 1.63. The number of hydrogen-bond donors (Lipinski definition) is 0. The van der Waals surface area contributed by atoms with Crippen LogP contribution >= 0.6 is 23.4 Å². The normalized spacial score (nSPS) is 11.1. The van der Waals surface area contributed by atoms with Crippen molar-refractivity contribution in [1.29, 1.82) is 0 Å². The zero-order valence-electron chi connectivity index (χ0n) is 16.4. The van der Waals surface area contributed by atoms with Crippen LogP contribution in [0.1, 0.15) is 5.56 Å². The van der Waals surface area contributed by atoms with Gasteiger partial charge in [-0.1, -0.05) is 65.8 Å². The molecule has 150 valence electrons. The van der Waals surface area contributed by atoms with Crippen LogP contribution in [0.5, 0.6) is 5.75 Å². The van der Waals surface area contributed by atoms with Crippen LogP contribution in [0.3, 0.4) is 0 Å². The summed E-state index contributed by atoms with van der Waals surface area (Å²) < 4.78 is 7.33. The summed E-state index contributed by atoms with van der Waals surface area (Å²) in [6.07, 6.45) is 4.24. The van der Waals surface area contributed by atoms with E-state index in [0.29, 0.717) is 5.02 Å².